The molecule has 0 aliphatic carbocycles. The predicted octanol–water partition coefficient (Wildman–Crippen LogP) is 9.02. The van der Waals surface area contributed by atoms with Crippen LogP contribution in [0.1, 0.15) is 139 Å². The van der Waals surface area contributed by atoms with Crippen LogP contribution in [0.2, 0.25) is 0 Å². The minimum atomic E-state index is 1.06. The number of aryl methyl sites for hydroxylation is 2. The van der Waals surface area contributed by atoms with E-state index in [1.54, 1.807) is 0 Å². The molecule has 0 saturated carbocycles. The van der Waals surface area contributed by atoms with Crippen molar-refractivity contribution in [1.29, 1.82) is 0 Å². The van der Waals surface area contributed by atoms with Crippen molar-refractivity contribution in [3.05, 3.63) is 34.4 Å². The molecule has 0 aromatic heterocycles. The maximum atomic E-state index is 5.84. The highest BCUT2D eigenvalue weighted by atomic mass is 14.1. The van der Waals surface area contributed by atoms with Crippen molar-refractivity contribution >= 4 is 0 Å². The molecule has 0 atom stereocenters. The fourth-order valence-electron chi connectivity index (χ4n) is 4.27. The summed E-state index contributed by atoms with van der Waals surface area (Å²) in [7, 11) is 0. The van der Waals surface area contributed by atoms with E-state index in [4.69, 9.17) is 12.8 Å². The molecule has 0 nitrogen and oxygen atoms in total. The molecule has 0 fully saturated rings. The molecule has 166 valence electrons. The summed E-state index contributed by atoms with van der Waals surface area (Å²) in [4.78, 5) is 0. The first kappa shape index (κ1) is 26.4. The largest absolute Gasteiger partial charge is 0.115 e. The van der Waals surface area contributed by atoms with E-state index in [0.29, 0.717) is 0 Å². The van der Waals surface area contributed by atoms with Crippen LogP contribution in [0, 0.1) is 24.7 Å². The lowest BCUT2D eigenvalue weighted by atomic mass is 9.92. The molecule has 0 radical (unpaired) electrons. The van der Waals surface area contributed by atoms with E-state index in [1.807, 2.05) is 0 Å². The average Bonchev–Trinajstić information content (AvgIpc) is 2.77. The Balaban J connectivity index is 2.41. The van der Waals surface area contributed by atoms with E-state index in [2.05, 4.69) is 37.8 Å². The Morgan fingerprint density at radius 3 is 1.10 bits per heavy atom. The second-order valence-electron chi connectivity index (χ2n) is 8.90. The minimum absolute atomic E-state index is 1.06. The molecule has 1 aromatic rings. The van der Waals surface area contributed by atoms with Crippen LogP contribution in [0.25, 0.3) is 0 Å². The molecule has 0 amide bonds. The van der Waals surface area contributed by atoms with Gasteiger partial charge in [0.1, 0.15) is 0 Å². The molecule has 0 heterocycles. The number of rotatable bonds is 18. The second-order valence-corrected chi connectivity index (χ2v) is 8.90. The lowest BCUT2D eigenvalue weighted by molar-refractivity contribution is 0.574. The third-order valence-corrected chi connectivity index (χ3v) is 6.24. The number of hydrogen-bond donors (Lipinski definition) is 0. The van der Waals surface area contributed by atoms with E-state index in [1.165, 1.54) is 114 Å². The van der Waals surface area contributed by atoms with Gasteiger partial charge in [-0.15, -0.1) is 12.8 Å². The Labute approximate surface area is 188 Å². The smallest absolute Gasteiger partial charge is 0.0278 e. The maximum Gasteiger partial charge on any atom is 0.0278 e. The zero-order chi connectivity index (χ0) is 21.9. The van der Waals surface area contributed by atoms with Crippen LogP contribution in [-0.2, 0) is 12.8 Å². The topological polar surface area (TPSA) is 0 Å². The Hall–Kier alpha value is -1.66. The van der Waals surface area contributed by atoms with Crippen molar-refractivity contribution in [3.63, 3.8) is 0 Å². The SMILES string of the molecule is C#Cc1cc(CCCCCCCCCC)c(C#C)cc1CCCCCCCCCC. The van der Waals surface area contributed by atoms with Gasteiger partial charge in [0.15, 0.2) is 0 Å². The normalized spacial score (nSPS) is 10.7. The van der Waals surface area contributed by atoms with E-state index in [-0.39, 0.29) is 0 Å². The Morgan fingerprint density at radius 1 is 0.500 bits per heavy atom. The lowest BCUT2D eigenvalue weighted by Crippen LogP contribution is -1.99. The number of hydrogen-bond acceptors (Lipinski definition) is 0. The van der Waals surface area contributed by atoms with Gasteiger partial charge >= 0.3 is 0 Å². The van der Waals surface area contributed by atoms with Gasteiger partial charge in [-0.05, 0) is 48.9 Å². The van der Waals surface area contributed by atoms with Gasteiger partial charge < -0.3 is 0 Å². The van der Waals surface area contributed by atoms with Crippen molar-refractivity contribution in [2.24, 2.45) is 0 Å². The quantitative estimate of drug-likeness (QED) is 0.168. The zero-order valence-corrected chi connectivity index (χ0v) is 20.0. The summed E-state index contributed by atoms with van der Waals surface area (Å²) in [5, 5.41) is 0. The van der Waals surface area contributed by atoms with Crippen LogP contribution in [0.5, 0.6) is 0 Å². The molecule has 30 heavy (non-hydrogen) atoms. The van der Waals surface area contributed by atoms with Crippen molar-refractivity contribution in [3.8, 4) is 24.7 Å². The Kier molecular flexibility index (Phi) is 15.9. The van der Waals surface area contributed by atoms with Crippen LogP contribution >= 0.6 is 0 Å². The van der Waals surface area contributed by atoms with Gasteiger partial charge in [-0.3, -0.25) is 0 Å². The van der Waals surface area contributed by atoms with Crippen molar-refractivity contribution in [2.75, 3.05) is 0 Å². The summed E-state index contributed by atoms with van der Waals surface area (Å²) < 4.78 is 0. The summed E-state index contributed by atoms with van der Waals surface area (Å²) in [5.41, 5.74) is 4.67. The molecule has 0 saturated heterocycles. The van der Waals surface area contributed by atoms with Gasteiger partial charge in [-0.25, -0.2) is 0 Å². The highest BCUT2D eigenvalue weighted by Gasteiger charge is 2.08. The number of unbranched alkanes of at least 4 members (excludes halogenated alkanes) is 14. The highest BCUT2D eigenvalue weighted by Crippen LogP contribution is 2.21. The lowest BCUT2D eigenvalue weighted by Gasteiger charge is -2.11. The molecular formula is C30H46. The minimum Gasteiger partial charge on any atom is -0.115 e. The molecule has 0 spiro atoms. The molecule has 0 N–H and O–H groups in total. The standard InChI is InChI=1S/C30H46/c1-5-9-11-13-15-17-19-21-23-29-25-28(8-4)30(26-27(29)7-3)24-22-20-18-16-14-12-10-6-2/h3-4,25-26H,5-6,9-24H2,1-2H3. The Bertz CT molecular complexity index is 579. The second kappa shape index (κ2) is 18.1. The van der Waals surface area contributed by atoms with Crippen LogP contribution in [0.15, 0.2) is 12.1 Å². The summed E-state index contributed by atoms with van der Waals surface area (Å²) in [5.74, 6) is 5.85. The summed E-state index contributed by atoms with van der Waals surface area (Å²) >= 11 is 0. The molecule has 0 aliphatic rings. The maximum absolute atomic E-state index is 5.84. The van der Waals surface area contributed by atoms with Crippen LogP contribution in [-0.4, -0.2) is 0 Å². The van der Waals surface area contributed by atoms with Gasteiger partial charge in [0.2, 0.25) is 0 Å². The van der Waals surface area contributed by atoms with Gasteiger partial charge in [0.05, 0.1) is 0 Å². The van der Waals surface area contributed by atoms with E-state index >= 15 is 0 Å². The summed E-state index contributed by atoms with van der Waals surface area (Å²) in [6, 6.07) is 4.41. The van der Waals surface area contributed by atoms with Crippen LogP contribution in [0.3, 0.4) is 0 Å². The van der Waals surface area contributed by atoms with Crippen molar-refractivity contribution in [2.45, 2.75) is 129 Å². The predicted molar refractivity (Wildman–Crippen MR) is 135 cm³/mol. The van der Waals surface area contributed by atoms with Gasteiger partial charge in [-0.1, -0.05) is 116 Å². The average molecular weight is 407 g/mol. The first-order valence-electron chi connectivity index (χ1n) is 12.9. The fourth-order valence-corrected chi connectivity index (χ4v) is 4.27. The monoisotopic (exact) mass is 406 g/mol. The molecule has 1 aromatic carbocycles. The zero-order valence-electron chi connectivity index (χ0n) is 20.0. The Morgan fingerprint density at radius 2 is 0.800 bits per heavy atom. The van der Waals surface area contributed by atoms with Crippen molar-refractivity contribution < 1.29 is 0 Å². The molecule has 0 bridgehead atoms. The first-order valence-corrected chi connectivity index (χ1v) is 12.9. The van der Waals surface area contributed by atoms with Crippen molar-refractivity contribution in [1.82, 2.24) is 0 Å². The molecule has 1 rings (SSSR count). The highest BCUT2D eigenvalue weighted by molar-refractivity contribution is 5.51. The first-order chi connectivity index (χ1) is 14.8. The molecular weight excluding hydrogens is 360 g/mol. The fraction of sp³-hybridized carbons (Fsp3) is 0.667. The van der Waals surface area contributed by atoms with E-state index in [9.17, 15) is 0 Å². The van der Waals surface area contributed by atoms with Crippen LogP contribution in [0.4, 0.5) is 0 Å². The third-order valence-electron chi connectivity index (χ3n) is 6.24. The van der Waals surface area contributed by atoms with E-state index in [0.717, 1.165) is 24.0 Å². The summed E-state index contributed by atoms with van der Waals surface area (Å²) in [6.45, 7) is 4.54. The third kappa shape index (κ3) is 11.5. The number of terminal acetylenes is 2. The van der Waals surface area contributed by atoms with Gasteiger partial charge in [0, 0.05) is 11.1 Å². The van der Waals surface area contributed by atoms with Gasteiger partial charge in [-0.2, -0.15) is 0 Å². The van der Waals surface area contributed by atoms with E-state index < -0.39 is 0 Å². The molecule has 0 heteroatoms. The molecule has 0 aliphatic heterocycles. The summed E-state index contributed by atoms with van der Waals surface area (Å²) in [6.07, 6.45) is 35.2. The van der Waals surface area contributed by atoms with Crippen LogP contribution < -0.4 is 0 Å². The molecule has 0 unspecified atom stereocenters. The number of benzene rings is 1. The van der Waals surface area contributed by atoms with Gasteiger partial charge in [0.25, 0.3) is 0 Å².